The molecule has 0 radical (unpaired) electrons. The van der Waals surface area contributed by atoms with Crippen LogP contribution in [-0.2, 0) is 26.8 Å². The van der Waals surface area contributed by atoms with Gasteiger partial charge >= 0.3 is 1.43 Å². The van der Waals surface area contributed by atoms with Crippen molar-refractivity contribution in [1.82, 2.24) is 0 Å². The number of thioether (sulfide) groups is 1. The van der Waals surface area contributed by atoms with Crippen LogP contribution in [0.4, 0.5) is 5.69 Å². The van der Waals surface area contributed by atoms with Gasteiger partial charge in [0.15, 0.2) is 6.54 Å². The molecule has 8 nitrogen and oxygen atoms in total. The molecule has 3 aromatic rings. The van der Waals surface area contributed by atoms with Gasteiger partial charge in [0.25, 0.3) is 5.01 Å². The number of thiazole rings is 1. The summed E-state index contributed by atoms with van der Waals surface area (Å²) in [4.78, 5) is 3.14. The van der Waals surface area contributed by atoms with E-state index in [-0.39, 0.29) is 14.3 Å². The van der Waals surface area contributed by atoms with E-state index in [4.69, 9.17) is 0 Å². The minimum absolute atomic E-state index is 0. The Morgan fingerprint density at radius 3 is 2.36 bits per heavy atom. The van der Waals surface area contributed by atoms with Crippen molar-refractivity contribution in [2.45, 2.75) is 51.5 Å². The molecule has 0 saturated carbocycles. The fourth-order valence-electron chi connectivity index (χ4n) is 4.46. The summed E-state index contributed by atoms with van der Waals surface area (Å²) in [6.45, 7) is 6.87. The SMILES string of the molecule is CCC(=Cc1sc2ccc(C)cc2[n+]1CCCS(=O)(=O)[O-])C=C1Sc2ccc(C)cc2N1CCCS(=O)(=O)[O-].[H+]. The molecule has 1 aliphatic heterocycles. The molecule has 0 spiro atoms. The van der Waals surface area contributed by atoms with E-state index < -0.39 is 31.7 Å². The molecule has 4 rings (SSSR count). The molecule has 39 heavy (non-hydrogen) atoms. The molecule has 0 bridgehead atoms. The number of anilines is 1. The minimum Gasteiger partial charge on any atom is -0.748 e. The minimum atomic E-state index is -4.30. The molecule has 2 heterocycles. The van der Waals surface area contributed by atoms with Crippen molar-refractivity contribution >= 4 is 65.3 Å². The molecular weight excluding hydrogens is 577 g/mol. The summed E-state index contributed by atoms with van der Waals surface area (Å²) in [7, 11) is -8.60. The third-order valence-electron chi connectivity index (χ3n) is 6.35. The lowest BCUT2D eigenvalue weighted by atomic mass is 10.1. The van der Waals surface area contributed by atoms with Gasteiger partial charge in [-0.1, -0.05) is 42.2 Å². The van der Waals surface area contributed by atoms with Crippen molar-refractivity contribution < 1.29 is 31.9 Å². The first-order chi connectivity index (χ1) is 18.3. The van der Waals surface area contributed by atoms with Gasteiger partial charge in [0.2, 0.25) is 5.52 Å². The predicted molar refractivity (Wildman–Crippen MR) is 157 cm³/mol. The van der Waals surface area contributed by atoms with Crippen molar-refractivity contribution in [1.29, 1.82) is 0 Å². The van der Waals surface area contributed by atoms with Crippen LogP contribution in [0, 0.1) is 13.8 Å². The smallest absolute Gasteiger partial charge is 0.748 e. The zero-order chi connectivity index (χ0) is 28.4. The van der Waals surface area contributed by atoms with Crippen LogP contribution in [0.1, 0.15) is 43.7 Å². The maximum atomic E-state index is 11.2. The van der Waals surface area contributed by atoms with E-state index in [0.717, 1.165) is 54.0 Å². The standard InChI is InChI=1S/C27H32N2O6S4/c1-4-21(17-26-28(11-5-13-38(30,31)32)22-15-19(2)7-9-24(22)36-26)18-27-29(12-6-14-39(33,34)35)23-16-20(3)8-10-25(23)37-27/h7-10,15-18H,4-6,11-14H2,1-3H3,(H-,30,31,32,33,34,35). The molecule has 210 valence electrons. The summed E-state index contributed by atoms with van der Waals surface area (Å²) in [5.74, 6) is -0.835. The lowest BCUT2D eigenvalue weighted by Gasteiger charge is -2.21. The Morgan fingerprint density at radius 2 is 1.67 bits per heavy atom. The second-order valence-electron chi connectivity index (χ2n) is 9.57. The highest BCUT2D eigenvalue weighted by Gasteiger charge is 2.26. The first kappa shape index (κ1) is 29.8. The number of hydrogen-bond acceptors (Lipinski definition) is 9. The molecule has 0 atom stereocenters. The van der Waals surface area contributed by atoms with Gasteiger partial charge in [0.05, 0.1) is 31.0 Å². The fraction of sp³-hybridized carbons (Fsp3) is 0.370. The van der Waals surface area contributed by atoms with Gasteiger partial charge in [-0.3, -0.25) is 0 Å². The Kier molecular flexibility index (Phi) is 9.24. The Bertz CT molecular complexity index is 1660. The predicted octanol–water partition coefficient (Wildman–Crippen LogP) is 5.04. The van der Waals surface area contributed by atoms with Crippen LogP contribution < -0.4 is 9.47 Å². The topological polar surface area (TPSA) is 122 Å². The number of nitrogens with zero attached hydrogens (tertiary/aromatic N) is 2. The number of rotatable bonds is 11. The summed E-state index contributed by atoms with van der Waals surface area (Å²) >= 11 is 3.21. The van der Waals surface area contributed by atoms with Crippen LogP contribution in [-0.4, -0.2) is 44.0 Å². The van der Waals surface area contributed by atoms with E-state index in [1.165, 1.54) is 0 Å². The van der Waals surface area contributed by atoms with Gasteiger partial charge in [-0.25, -0.2) is 16.8 Å². The maximum absolute atomic E-state index is 11.2. The van der Waals surface area contributed by atoms with E-state index in [9.17, 15) is 25.9 Å². The molecule has 0 saturated heterocycles. The molecule has 0 N–H and O–H groups in total. The number of fused-ring (bicyclic) bond motifs is 2. The first-order valence-electron chi connectivity index (χ1n) is 12.6. The maximum Gasteiger partial charge on any atom is 1.00 e. The quantitative estimate of drug-likeness (QED) is 0.219. The number of hydrogen-bond donors (Lipinski definition) is 0. The Morgan fingerprint density at radius 1 is 1.00 bits per heavy atom. The van der Waals surface area contributed by atoms with Crippen LogP contribution in [0.25, 0.3) is 16.3 Å². The molecule has 1 aromatic heterocycles. The van der Waals surface area contributed by atoms with Crippen LogP contribution >= 0.6 is 23.1 Å². The normalized spacial score (nSPS) is 15.5. The second kappa shape index (κ2) is 12.1. The zero-order valence-corrected chi connectivity index (χ0v) is 25.3. The summed E-state index contributed by atoms with van der Waals surface area (Å²) in [6, 6.07) is 12.3. The van der Waals surface area contributed by atoms with Crippen LogP contribution in [0.15, 0.2) is 58.0 Å². The molecule has 0 amide bonds. The number of allylic oxidation sites excluding steroid dienone is 2. The van der Waals surface area contributed by atoms with Crippen LogP contribution in [0.5, 0.6) is 0 Å². The van der Waals surface area contributed by atoms with Crippen LogP contribution in [0.2, 0.25) is 0 Å². The highest BCUT2D eigenvalue weighted by atomic mass is 32.2. The molecule has 2 aromatic carbocycles. The number of benzene rings is 2. The zero-order valence-electron chi connectivity index (χ0n) is 23.0. The molecule has 0 aliphatic carbocycles. The second-order valence-corrected chi connectivity index (χ2v) is 14.7. The summed E-state index contributed by atoms with van der Waals surface area (Å²) in [6.07, 6.45) is 5.35. The summed E-state index contributed by atoms with van der Waals surface area (Å²) < 4.78 is 70.4. The lowest BCUT2D eigenvalue weighted by Crippen LogP contribution is -2.36. The van der Waals surface area contributed by atoms with Gasteiger partial charge in [-0.2, -0.15) is 4.57 Å². The monoisotopic (exact) mass is 608 g/mol. The average molecular weight is 609 g/mol. The van der Waals surface area contributed by atoms with Gasteiger partial charge in [-0.15, -0.1) is 0 Å². The highest BCUT2D eigenvalue weighted by Crippen LogP contribution is 2.47. The Balaban J connectivity index is 0.00000441. The Labute approximate surface area is 240 Å². The summed E-state index contributed by atoms with van der Waals surface area (Å²) in [5, 5.41) is 1.90. The van der Waals surface area contributed by atoms with E-state index in [1.54, 1.807) is 23.1 Å². The average Bonchev–Trinajstić information content (AvgIpc) is 3.34. The van der Waals surface area contributed by atoms with E-state index in [0.29, 0.717) is 13.1 Å². The molecule has 1 aliphatic rings. The fourth-order valence-corrected chi connectivity index (χ4v) is 7.72. The summed E-state index contributed by atoms with van der Waals surface area (Å²) in [5.41, 5.74) is 5.21. The number of aromatic nitrogens is 1. The van der Waals surface area contributed by atoms with E-state index >= 15 is 0 Å². The van der Waals surface area contributed by atoms with Gasteiger partial charge in [0, 0.05) is 41.5 Å². The van der Waals surface area contributed by atoms with Crippen molar-refractivity contribution in [3.8, 4) is 0 Å². The number of aryl methyl sites for hydroxylation is 3. The molecule has 0 unspecified atom stereocenters. The van der Waals surface area contributed by atoms with E-state index in [1.807, 2.05) is 26.0 Å². The first-order valence-corrected chi connectivity index (χ1v) is 17.4. The van der Waals surface area contributed by atoms with Crippen molar-refractivity contribution in [2.75, 3.05) is 23.0 Å². The van der Waals surface area contributed by atoms with Gasteiger partial charge in [-0.05, 0) is 67.7 Å². The van der Waals surface area contributed by atoms with Crippen molar-refractivity contribution in [3.05, 3.63) is 69.2 Å². The van der Waals surface area contributed by atoms with Gasteiger partial charge in [0.1, 0.15) is 4.70 Å². The van der Waals surface area contributed by atoms with Gasteiger partial charge < -0.3 is 14.0 Å². The third-order valence-corrected chi connectivity index (χ3v) is 10.2. The van der Waals surface area contributed by atoms with Crippen molar-refractivity contribution in [2.24, 2.45) is 0 Å². The van der Waals surface area contributed by atoms with Crippen molar-refractivity contribution in [3.63, 3.8) is 0 Å². The molecule has 12 heteroatoms. The Hall–Kier alpha value is -2.22. The molecular formula is C27H32N2O6S4. The highest BCUT2D eigenvalue weighted by molar-refractivity contribution is 8.03. The van der Waals surface area contributed by atoms with E-state index in [2.05, 4.69) is 52.8 Å². The molecule has 0 fully saturated rings. The third kappa shape index (κ3) is 7.92. The van der Waals surface area contributed by atoms with Crippen LogP contribution in [0.3, 0.4) is 0 Å². The largest absolute Gasteiger partial charge is 1.00 e. The lowest BCUT2D eigenvalue weighted by molar-refractivity contribution is -0.668.